The molecule has 2 heterocycles. The highest BCUT2D eigenvalue weighted by Crippen LogP contribution is 2.28. The molecule has 3 N–H and O–H groups in total. The SMILES string of the molecule is CCC/C=C(/C=C\C=C(/C)NC(=O)c1cc2c(cc1OC)CCN(C(=O)OCC)C2)C1=NNNN1C(C)C. The Labute approximate surface area is 225 Å². The number of unbranched alkanes of at least 4 members (excludes halogenated alkanes) is 1. The highest BCUT2D eigenvalue weighted by Gasteiger charge is 2.25. The standard InChI is InChI=1S/C28H40N6O4/c1-7-9-12-21(26-30-31-32-34(26)19(3)4)13-10-11-20(5)29-27(35)24-16-23-18-33(28(36)38-8-2)15-14-22(23)17-25(24)37-6/h10-13,16-17,19,31-32H,7-9,14-15,18H2,1-6H3,(H,29,35)/b13-10-,20-11+,21-12-. The lowest BCUT2D eigenvalue weighted by Gasteiger charge is -2.29. The molecule has 0 bridgehead atoms. The molecule has 206 valence electrons. The Bertz CT molecular complexity index is 1140. The van der Waals surface area contributed by atoms with Crippen molar-refractivity contribution >= 4 is 17.8 Å². The van der Waals surface area contributed by atoms with E-state index >= 15 is 0 Å². The fourth-order valence-corrected chi connectivity index (χ4v) is 4.24. The maximum atomic E-state index is 13.2. The van der Waals surface area contributed by atoms with E-state index in [-0.39, 0.29) is 18.0 Å². The molecular formula is C28H40N6O4. The molecular weight excluding hydrogens is 484 g/mol. The van der Waals surface area contributed by atoms with Crippen LogP contribution in [0.5, 0.6) is 5.75 Å². The molecule has 3 rings (SSSR count). The maximum absolute atomic E-state index is 13.2. The lowest BCUT2D eigenvalue weighted by Crippen LogP contribution is -2.45. The molecule has 0 saturated carbocycles. The van der Waals surface area contributed by atoms with Crippen molar-refractivity contribution in [2.24, 2.45) is 5.10 Å². The minimum Gasteiger partial charge on any atom is -0.496 e. The van der Waals surface area contributed by atoms with Crippen LogP contribution in [0.25, 0.3) is 0 Å². The van der Waals surface area contributed by atoms with Crippen molar-refractivity contribution in [1.82, 2.24) is 26.3 Å². The molecule has 0 aromatic heterocycles. The molecule has 10 nitrogen and oxygen atoms in total. The second-order valence-electron chi connectivity index (χ2n) is 9.43. The molecule has 2 amide bonds. The number of nitrogens with zero attached hydrogens (tertiary/aromatic N) is 3. The largest absolute Gasteiger partial charge is 0.496 e. The number of benzene rings is 1. The van der Waals surface area contributed by atoms with Gasteiger partial charge in [-0.1, -0.05) is 31.6 Å². The summed E-state index contributed by atoms with van der Waals surface area (Å²) in [5.74, 6) is 1.05. The summed E-state index contributed by atoms with van der Waals surface area (Å²) in [4.78, 5) is 27.0. The molecule has 10 heteroatoms. The van der Waals surface area contributed by atoms with E-state index in [1.54, 1.807) is 18.9 Å². The lowest BCUT2D eigenvalue weighted by atomic mass is 9.96. The normalized spacial score (nSPS) is 15.9. The van der Waals surface area contributed by atoms with Crippen LogP contribution in [0.2, 0.25) is 0 Å². The number of hydrogen-bond acceptors (Lipinski definition) is 8. The summed E-state index contributed by atoms with van der Waals surface area (Å²) in [6.07, 6.45) is 10.2. The van der Waals surface area contributed by atoms with Crippen LogP contribution in [0.3, 0.4) is 0 Å². The van der Waals surface area contributed by atoms with Gasteiger partial charge in [0.15, 0.2) is 5.84 Å². The number of fused-ring (bicyclic) bond motifs is 1. The van der Waals surface area contributed by atoms with Crippen LogP contribution in [0.1, 0.15) is 68.9 Å². The Balaban J connectivity index is 1.74. The van der Waals surface area contributed by atoms with Crippen LogP contribution in [-0.4, -0.2) is 54.0 Å². The zero-order valence-electron chi connectivity index (χ0n) is 23.3. The van der Waals surface area contributed by atoms with Crippen LogP contribution >= 0.6 is 0 Å². The third-order valence-corrected chi connectivity index (χ3v) is 6.23. The lowest BCUT2D eigenvalue weighted by molar-refractivity contribution is 0.0962. The molecule has 1 aromatic carbocycles. The number of hydrazine groups is 2. The fourth-order valence-electron chi connectivity index (χ4n) is 4.24. The number of methoxy groups -OCH3 is 1. The topological polar surface area (TPSA) is 108 Å². The molecule has 0 radical (unpaired) electrons. The number of carbonyl (C=O) groups is 2. The minimum atomic E-state index is -0.343. The van der Waals surface area contributed by atoms with Gasteiger partial charge in [-0.05, 0) is 69.9 Å². The van der Waals surface area contributed by atoms with Crippen molar-refractivity contribution in [2.75, 3.05) is 20.3 Å². The van der Waals surface area contributed by atoms with Crippen LogP contribution in [0, 0.1) is 0 Å². The van der Waals surface area contributed by atoms with Crippen molar-refractivity contribution in [3.8, 4) is 5.75 Å². The average molecular weight is 525 g/mol. The van der Waals surface area contributed by atoms with Crippen molar-refractivity contribution in [3.05, 3.63) is 64.4 Å². The minimum absolute atomic E-state index is 0.217. The van der Waals surface area contributed by atoms with Crippen LogP contribution in [0.4, 0.5) is 4.79 Å². The van der Waals surface area contributed by atoms with Gasteiger partial charge in [-0.25, -0.2) is 10.3 Å². The summed E-state index contributed by atoms with van der Waals surface area (Å²) < 4.78 is 10.7. The number of nitrogens with one attached hydrogen (secondary N) is 3. The number of amidine groups is 1. The van der Waals surface area contributed by atoms with E-state index in [1.165, 1.54) is 0 Å². The summed E-state index contributed by atoms with van der Waals surface area (Å²) in [6.45, 7) is 11.2. The second-order valence-corrected chi connectivity index (χ2v) is 9.43. The summed E-state index contributed by atoms with van der Waals surface area (Å²) in [7, 11) is 1.55. The van der Waals surface area contributed by atoms with Crippen molar-refractivity contribution in [2.45, 2.75) is 66.5 Å². The Morgan fingerprint density at radius 3 is 2.71 bits per heavy atom. The molecule has 0 fully saturated rings. The van der Waals surface area contributed by atoms with Gasteiger partial charge in [0.1, 0.15) is 5.75 Å². The van der Waals surface area contributed by atoms with Gasteiger partial charge < -0.3 is 19.7 Å². The Hall–Kier alpha value is -3.79. The molecule has 0 atom stereocenters. The summed E-state index contributed by atoms with van der Waals surface area (Å²) in [5, 5.41) is 9.30. The molecule has 0 aliphatic carbocycles. The van der Waals surface area contributed by atoms with E-state index in [2.05, 4.69) is 48.3 Å². The number of allylic oxidation sites excluding steroid dienone is 4. The zero-order chi connectivity index (χ0) is 27.7. The highest BCUT2D eigenvalue weighted by molar-refractivity contribution is 6.01. The second kappa shape index (κ2) is 13.7. The predicted molar refractivity (Wildman–Crippen MR) is 148 cm³/mol. The van der Waals surface area contributed by atoms with Gasteiger partial charge in [0.25, 0.3) is 5.91 Å². The fraction of sp³-hybridized carbons (Fsp3) is 0.464. The zero-order valence-corrected chi connectivity index (χ0v) is 23.3. The number of rotatable bonds is 10. The molecule has 38 heavy (non-hydrogen) atoms. The first-order valence-electron chi connectivity index (χ1n) is 13.1. The van der Waals surface area contributed by atoms with Gasteiger partial charge in [-0.3, -0.25) is 9.80 Å². The molecule has 0 saturated heterocycles. The molecule has 2 aliphatic rings. The Kier molecular flexibility index (Phi) is 10.3. The molecule has 0 unspecified atom stereocenters. The third-order valence-electron chi connectivity index (χ3n) is 6.23. The third kappa shape index (κ3) is 7.16. The van der Waals surface area contributed by atoms with Gasteiger partial charge in [0.05, 0.1) is 19.3 Å². The van der Waals surface area contributed by atoms with E-state index in [4.69, 9.17) is 9.47 Å². The van der Waals surface area contributed by atoms with Gasteiger partial charge >= 0.3 is 6.09 Å². The molecule has 1 aromatic rings. The van der Waals surface area contributed by atoms with E-state index in [0.29, 0.717) is 43.1 Å². The summed E-state index contributed by atoms with van der Waals surface area (Å²) >= 11 is 0. The number of ether oxygens (including phenoxy) is 2. The quantitative estimate of drug-likeness (QED) is 0.394. The van der Waals surface area contributed by atoms with E-state index < -0.39 is 0 Å². The van der Waals surface area contributed by atoms with E-state index in [9.17, 15) is 9.59 Å². The maximum Gasteiger partial charge on any atom is 0.410 e. The smallest absolute Gasteiger partial charge is 0.410 e. The molecule has 2 aliphatic heterocycles. The van der Waals surface area contributed by atoms with E-state index in [1.807, 2.05) is 42.3 Å². The van der Waals surface area contributed by atoms with Gasteiger partial charge in [-0.15, -0.1) is 10.6 Å². The van der Waals surface area contributed by atoms with Gasteiger partial charge in [0, 0.05) is 30.4 Å². The first-order valence-corrected chi connectivity index (χ1v) is 13.1. The first kappa shape index (κ1) is 28.8. The highest BCUT2D eigenvalue weighted by atomic mass is 16.6. The van der Waals surface area contributed by atoms with Crippen LogP contribution in [-0.2, 0) is 17.7 Å². The number of amides is 2. The molecule has 0 spiro atoms. The predicted octanol–water partition coefficient (Wildman–Crippen LogP) is 4.17. The Morgan fingerprint density at radius 2 is 2.03 bits per heavy atom. The van der Waals surface area contributed by atoms with Crippen LogP contribution < -0.4 is 21.1 Å². The summed E-state index contributed by atoms with van der Waals surface area (Å²) in [6, 6.07) is 3.92. The Morgan fingerprint density at radius 1 is 1.24 bits per heavy atom. The number of carbonyl (C=O) groups excluding carboxylic acids is 2. The first-order chi connectivity index (χ1) is 18.3. The van der Waals surface area contributed by atoms with Crippen LogP contribution in [0.15, 0.2) is 52.8 Å². The average Bonchev–Trinajstić information content (AvgIpc) is 3.40. The summed E-state index contributed by atoms with van der Waals surface area (Å²) in [5.41, 5.74) is 9.93. The van der Waals surface area contributed by atoms with Gasteiger partial charge in [0.2, 0.25) is 0 Å². The van der Waals surface area contributed by atoms with Crippen molar-refractivity contribution in [1.29, 1.82) is 0 Å². The van der Waals surface area contributed by atoms with Crippen molar-refractivity contribution < 1.29 is 19.1 Å². The van der Waals surface area contributed by atoms with Gasteiger partial charge in [-0.2, -0.15) is 0 Å². The number of hydrazone groups is 1. The monoisotopic (exact) mass is 524 g/mol. The van der Waals surface area contributed by atoms with E-state index in [0.717, 1.165) is 35.4 Å². The van der Waals surface area contributed by atoms with Crippen molar-refractivity contribution in [3.63, 3.8) is 0 Å². The number of hydrogen-bond donors (Lipinski definition) is 3.